The highest BCUT2D eigenvalue weighted by atomic mass is 16.5. The standard InChI is InChI=1S/C23H24O2/c1-17(2)22-13-14-25-23(22)12-11-20(19-8-4-3-5-9-19)15-18-7-6-10-21(24)16-18/h3-10,13,15-16,23-24H,1,11-12,14H2,2H3/b20-15-. The molecule has 25 heavy (non-hydrogen) atoms. The molecule has 0 aliphatic carbocycles. The van der Waals surface area contributed by atoms with Crippen LogP contribution in [0.1, 0.15) is 30.9 Å². The van der Waals surface area contributed by atoms with Crippen LogP contribution in [-0.2, 0) is 4.74 Å². The van der Waals surface area contributed by atoms with Gasteiger partial charge < -0.3 is 9.84 Å². The van der Waals surface area contributed by atoms with Gasteiger partial charge in [0, 0.05) is 0 Å². The van der Waals surface area contributed by atoms with E-state index in [0.29, 0.717) is 6.61 Å². The average Bonchev–Trinajstić information content (AvgIpc) is 3.08. The summed E-state index contributed by atoms with van der Waals surface area (Å²) in [7, 11) is 0. The van der Waals surface area contributed by atoms with Crippen molar-refractivity contribution in [2.75, 3.05) is 6.61 Å². The zero-order valence-corrected chi connectivity index (χ0v) is 14.6. The van der Waals surface area contributed by atoms with Crippen molar-refractivity contribution in [2.24, 2.45) is 0 Å². The van der Waals surface area contributed by atoms with Crippen molar-refractivity contribution in [3.05, 3.63) is 89.5 Å². The zero-order chi connectivity index (χ0) is 17.6. The first-order chi connectivity index (χ1) is 12.1. The Labute approximate surface area is 149 Å². The molecule has 0 fully saturated rings. The Kier molecular flexibility index (Phi) is 5.52. The lowest BCUT2D eigenvalue weighted by Crippen LogP contribution is -2.11. The molecule has 2 aromatic rings. The lowest BCUT2D eigenvalue weighted by molar-refractivity contribution is 0.117. The number of benzene rings is 2. The third-order valence-corrected chi connectivity index (χ3v) is 4.47. The van der Waals surface area contributed by atoms with E-state index in [2.05, 4.69) is 43.0 Å². The van der Waals surface area contributed by atoms with Crippen molar-refractivity contribution >= 4 is 11.6 Å². The van der Waals surface area contributed by atoms with E-state index in [1.807, 2.05) is 25.1 Å². The van der Waals surface area contributed by atoms with Gasteiger partial charge in [-0.05, 0) is 54.2 Å². The summed E-state index contributed by atoms with van der Waals surface area (Å²) in [6, 6.07) is 17.7. The summed E-state index contributed by atoms with van der Waals surface area (Å²) in [6.07, 6.45) is 6.21. The Balaban J connectivity index is 1.83. The normalized spacial score (nSPS) is 17.4. The smallest absolute Gasteiger partial charge is 0.116 e. The molecule has 0 spiro atoms. The largest absolute Gasteiger partial charge is 0.508 e. The van der Waals surface area contributed by atoms with Crippen LogP contribution in [0.25, 0.3) is 11.6 Å². The lowest BCUT2D eigenvalue weighted by Gasteiger charge is -2.16. The second-order valence-corrected chi connectivity index (χ2v) is 6.43. The van der Waals surface area contributed by atoms with E-state index < -0.39 is 0 Å². The minimum Gasteiger partial charge on any atom is -0.508 e. The monoisotopic (exact) mass is 332 g/mol. The lowest BCUT2D eigenvalue weighted by atomic mass is 9.94. The molecule has 0 saturated carbocycles. The Morgan fingerprint density at radius 2 is 2.00 bits per heavy atom. The highest BCUT2D eigenvalue weighted by Gasteiger charge is 2.20. The third kappa shape index (κ3) is 4.49. The van der Waals surface area contributed by atoms with Crippen molar-refractivity contribution in [2.45, 2.75) is 25.9 Å². The van der Waals surface area contributed by atoms with Gasteiger partial charge in [0.05, 0.1) is 12.7 Å². The van der Waals surface area contributed by atoms with Gasteiger partial charge in [-0.3, -0.25) is 0 Å². The van der Waals surface area contributed by atoms with Gasteiger partial charge in [-0.1, -0.05) is 66.8 Å². The number of aromatic hydroxyl groups is 1. The molecular weight excluding hydrogens is 308 g/mol. The Hall–Kier alpha value is -2.58. The SMILES string of the molecule is C=C(C)C1=CCOC1CC/C(=C/c1cccc(O)c1)c1ccccc1. The van der Waals surface area contributed by atoms with Crippen LogP contribution in [0.4, 0.5) is 0 Å². The summed E-state index contributed by atoms with van der Waals surface area (Å²) in [4.78, 5) is 0. The minimum absolute atomic E-state index is 0.119. The van der Waals surface area contributed by atoms with E-state index in [9.17, 15) is 5.11 Å². The van der Waals surface area contributed by atoms with Gasteiger partial charge in [0.15, 0.2) is 0 Å². The molecule has 0 aromatic heterocycles. The summed E-state index contributed by atoms with van der Waals surface area (Å²) in [6.45, 7) is 6.77. The van der Waals surface area contributed by atoms with Crippen LogP contribution in [0.15, 0.2) is 78.4 Å². The van der Waals surface area contributed by atoms with Gasteiger partial charge in [-0.15, -0.1) is 0 Å². The number of phenolic OH excluding ortho intramolecular Hbond substituents is 1. The molecule has 1 N–H and O–H groups in total. The predicted octanol–water partition coefficient (Wildman–Crippen LogP) is 5.61. The van der Waals surface area contributed by atoms with Crippen LogP contribution in [-0.4, -0.2) is 17.8 Å². The molecule has 1 unspecified atom stereocenters. The van der Waals surface area contributed by atoms with Crippen molar-refractivity contribution in [1.82, 2.24) is 0 Å². The molecular formula is C23H24O2. The second kappa shape index (κ2) is 8.00. The van der Waals surface area contributed by atoms with E-state index >= 15 is 0 Å². The number of ether oxygens (including phenoxy) is 1. The maximum absolute atomic E-state index is 9.73. The molecule has 3 rings (SSSR count). The van der Waals surface area contributed by atoms with E-state index in [-0.39, 0.29) is 11.9 Å². The van der Waals surface area contributed by atoms with Gasteiger partial charge in [0.1, 0.15) is 5.75 Å². The zero-order valence-electron chi connectivity index (χ0n) is 14.6. The van der Waals surface area contributed by atoms with Crippen LogP contribution in [0.5, 0.6) is 5.75 Å². The van der Waals surface area contributed by atoms with Crippen molar-refractivity contribution in [3.63, 3.8) is 0 Å². The van der Waals surface area contributed by atoms with Crippen LogP contribution in [0.2, 0.25) is 0 Å². The second-order valence-electron chi connectivity index (χ2n) is 6.43. The highest BCUT2D eigenvalue weighted by Crippen LogP contribution is 2.30. The molecule has 0 amide bonds. The molecule has 1 aliphatic heterocycles. The fraction of sp³-hybridized carbons (Fsp3) is 0.217. The number of rotatable bonds is 6. The summed E-state index contributed by atoms with van der Waals surface area (Å²) < 4.78 is 5.86. The Morgan fingerprint density at radius 3 is 2.72 bits per heavy atom. The average molecular weight is 332 g/mol. The first-order valence-corrected chi connectivity index (χ1v) is 8.66. The number of hydrogen-bond donors (Lipinski definition) is 1. The van der Waals surface area contributed by atoms with E-state index in [0.717, 1.165) is 24.0 Å². The van der Waals surface area contributed by atoms with Gasteiger partial charge >= 0.3 is 0 Å². The first kappa shape index (κ1) is 17.2. The molecule has 0 saturated heterocycles. The maximum atomic E-state index is 9.73. The van der Waals surface area contributed by atoms with Gasteiger partial charge in [-0.25, -0.2) is 0 Å². The quantitative estimate of drug-likeness (QED) is 0.696. The van der Waals surface area contributed by atoms with Gasteiger partial charge in [0.25, 0.3) is 0 Å². The predicted molar refractivity (Wildman–Crippen MR) is 104 cm³/mol. The van der Waals surface area contributed by atoms with Crippen molar-refractivity contribution in [3.8, 4) is 5.75 Å². The fourth-order valence-corrected chi connectivity index (χ4v) is 3.22. The van der Waals surface area contributed by atoms with Crippen molar-refractivity contribution < 1.29 is 9.84 Å². The van der Waals surface area contributed by atoms with E-state index in [4.69, 9.17) is 4.74 Å². The van der Waals surface area contributed by atoms with Crippen LogP contribution >= 0.6 is 0 Å². The molecule has 2 aromatic carbocycles. The molecule has 0 bridgehead atoms. The van der Waals surface area contributed by atoms with E-state index in [1.54, 1.807) is 12.1 Å². The summed E-state index contributed by atoms with van der Waals surface area (Å²) >= 11 is 0. The number of allylic oxidation sites excluding steroid dienone is 1. The minimum atomic E-state index is 0.119. The Bertz CT molecular complexity index is 800. The molecule has 2 heteroatoms. The highest BCUT2D eigenvalue weighted by molar-refractivity contribution is 5.81. The van der Waals surface area contributed by atoms with Gasteiger partial charge in [0.2, 0.25) is 0 Å². The summed E-state index contributed by atoms with van der Waals surface area (Å²) in [5.74, 6) is 0.285. The van der Waals surface area contributed by atoms with Gasteiger partial charge in [-0.2, -0.15) is 0 Å². The molecule has 0 radical (unpaired) electrons. The topological polar surface area (TPSA) is 29.5 Å². The van der Waals surface area contributed by atoms with Crippen molar-refractivity contribution in [1.29, 1.82) is 0 Å². The van der Waals surface area contributed by atoms with E-state index in [1.165, 1.54) is 16.7 Å². The first-order valence-electron chi connectivity index (χ1n) is 8.66. The van der Waals surface area contributed by atoms with Crippen LogP contribution in [0.3, 0.4) is 0 Å². The van der Waals surface area contributed by atoms with Crippen LogP contribution < -0.4 is 0 Å². The molecule has 1 aliphatic rings. The summed E-state index contributed by atoms with van der Waals surface area (Å²) in [5.41, 5.74) is 5.75. The number of hydrogen-bond acceptors (Lipinski definition) is 2. The third-order valence-electron chi connectivity index (χ3n) is 4.47. The van der Waals surface area contributed by atoms with Crippen LogP contribution in [0, 0.1) is 0 Å². The molecule has 2 nitrogen and oxygen atoms in total. The molecule has 1 atom stereocenters. The number of phenols is 1. The maximum Gasteiger partial charge on any atom is 0.116 e. The Morgan fingerprint density at radius 1 is 1.20 bits per heavy atom. The summed E-state index contributed by atoms with van der Waals surface area (Å²) in [5, 5.41) is 9.73. The molecule has 128 valence electrons. The fourth-order valence-electron chi connectivity index (χ4n) is 3.22. The molecule has 1 heterocycles.